The summed E-state index contributed by atoms with van der Waals surface area (Å²) in [6, 6.07) is 6.07. The van der Waals surface area contributed by atoms with E-state index in [-0.39, 0.29) is 0 Å². The highest BCUT2D eigenvalue weighted by molar-refractivity contribution is 6.17. The summed E-state index contributed by atoms with van der Waals surface area (Å²) in [6.45, 7) is 2.05. The van der Waals surface area contributed by atoms with E-state index in [4.69, 9.17) is 16.3 Å². The Balaban J connectivity index is 2.40. The first-order valence-electron chi connectivity index (χ1n) is 5.49. The molecule has 2 aromatic rings. The molecule has 0 aliphatic rings. The van der Waals surface area contributed by atoms with Gasteiger partial charge in [-0.05, 0) is 19.1 Å². The number of alkyl halides is 1. The highest BCUT2D eigenvalue weighted by Crippen LogP contribution is 2.29. The lowest BCUT2D eigenvalue weighted by atomic mass is 10.1. The topological polar surface area (TPSA) is 37.9 Å². The van der Waals surface area contributed by atoms with Gasteiger partial charge < -0.3 is 9.72 Å². The first-order chi connectivity index (χ1) is 8.24. The number of imidazole rings is 1. The predicted octanol–water partition coefficient (Wildman–Crippen LogP) is 3.18. The molecule has 0 atom stereocenters. The van der Waals surface area contributed by atoms with E-state index in [1.54, 1.807) is 7.11 Å². The van der Waals surface area contributed by atoms with Crippen molar-refractivity contribution in [1.29, 1.82) is 0 Å². The molecule has 0 spiro atoms. The molecule has 0 amide bonds. The number of rotatable bonds is 4. The summed E-state index contributed by atoms with van der Waals surface area (Å²) in [7, 11) is 1.67. The molecule has 3 nitrogen and oxygen atoms in total. The molecule has 0 fully saturated rings. The minimum atomic E-state index is 0.567. The normalized spacial score (nSPS) is 10.5. The summed E-state index contributed by atoms with van der Waals surface area (Å²) < 4.78 is 5.35. The van der Waals surface area contributed by atoms with Crippen molar-refractivity contribution in [3.05, 3.63) is 35.8 Å². The lowest BCUT2D eigenvalue weighted by Gasteiger charge is -2.07. The number of H-pyrrole nitrogens is 1. The molecular formula is C13H15ClN2O. The number of hydrogen-bond acceptors (Lipinski definition) is 2. The molecule has 4 heteroatoms. The molecule has 1 N–H and O–H groups in total. The van der Waals surface area contributed by atoms with Crippen LogP contribution in [0.5, 0.6) is 5.75 Å². The Kier molecular flexibility index (Phi) is 3.69. The number of benzene rings is 1. The SMILES string of the molecule is COc1ccc(C)cc1-c1cnc(CCCl)[nH]1. The van der Waals surface area contributed by atoms with E-state index in [0.29, 0.717) is 5.88 Å². The van der Waals surface area contributed by atoms with Crippen molar-refractivity contribution in [2.45, 2.75) is 13.3 Å². The van der Waals surface area contributed by atoms with Crippen LogP contribution in [0.1, 0.15) is 11.4 Å². The largest absolute Gasteiger partial charge is 0.496 e. The van der Waals surface area contributed by atoms with E-state index < -0.39 is 0 Å². The fourth-order valence-corrected chi connectivity index (χ4v) is 1.93. The molecule has 0 aliphatic heterocycles. The minimum absolute atomic E-state index is 0.567. The summed E-state index contributed by atoms with van der Waals surface area (Å²) in [4.78, 5) is 7.55. The maximum Gasteiger partial charge on any atom is 0.128 e. The number of hydrogen-bond donors (Lipinski definition) is 1. The number of aromatic nitrogens is 2. The van der Waals surface area contributed by atoms with Crippen LogP contribution in [-0.2, 0) is 6.42 Å². The zero-order chi connectivity index (χ0) is 12.3. The molecule has 1 heterocycles. The van der Waals surface area contributed by atoms with Crippen LogP contribution in [0.4, 0.5) is 0 Å². The van der Waals surface area contributed by atoms with Crippen LogP contribution in [0.3, 0.4) is 0 Å². The van der Waals surface area contributed by atoms with Gasteiger partial charge in [-0.1, -0.05) is 11.6 Å². The van der Waals surface area contributed by atoms with Gasteiger partial charge in [0.2, 0.25) is 0 Å². The van der Waals surface area contributed by atoms with Crippen LogP contribution in [-0.4, -0.2) is 23.0 Å². The van der Waals surface area contributed by atoms with E-state index in [2.05, 4.69) is 23.0 Å². The Morgan fingerprint density at radius 2 is 2.24 bits per heavy atom. The fraction of sp³-hybridized carbons (Fsp3) is 0.308. The molecule has 90 valence electrons. The quantitative estimate of drug-likeness (QED) is 0.847. The summed E-state index contributed by atoms with van der Waals surface area (Å²) in [6.07, 6.45) is 2.56. The first-order valence-corrected chi connectivity index (χ1v) is 6.03. The Bertz CT molecular complexity index is 508. The Morgan fingerprint density at radius 1 is 1.41 bits per heavy atom. The highest BCUT2D eigenvalue weighted by atomic mass is 35.5. The van der Waals surface area contributed by atoms with Crippen molar-refractivity contribution in [2.75, 3.05) is 13.0 Å². The van der Waals surface area contributed by atoms with E-state index in [1.165, 1.54) is 5.56 Å². The third-order valence-electron chi connectivity index (χ3n) is 2.60. The van der Waals surface area contributed by atoms with Crippen LogP contribution in [0.15, 0.2) is 24.4 Å². The zero-order valence-corrected chi connectivity index (χ0v) is 10.7. The zero-order valence-electron chi connectivity index (χ0n) is 9.96. The molecule has 0 aliphatic carbocycles. The monoisotopic (exact) mass is 250 g/mol. The van der Waals surface area contributed by atoms with Crippen LogP contribution < -0.4 is 4.74 Å². The van der Waals surface area contributed by atoms with E-state index in [9.17, 15) is 0 Å². The maximum absolute atomic E-state index is 5.69. The smallest absolute Gasteiger partial charge is 0.128 e. The van der Waals surface area contributed by atoms with Crippen LogP contribution in [0, 0.1) is 6.92 Å². The lowest BCUT2D eigenvalue weighted by molar-refractivity contribution is 0.416. The number of halogens is 1. The van der Waals surface area contributed by atoms with Gasteiger partial charge in [-0.15, -0.1) is 11.6 Å². The molecule has 0 bridgehead atoms. The van der Waals surface area contributed by atoms with Crippen molar-refractivity contribution < 1.29 is 4.74 Å². The van der Waals surface area contributed by atoms with Crippen molar-refractivity contribution in [3.8, 4) is 17.0 Å². The number of nitrogens with zero attached hydrogens (tertiary/aromatic N) is 1. The van der Waals surface area contributed by atoms with Crippen molar-refractivity contribution in [3.63, 3.8) is 0 Å². The number of aryl methyl sites for hydroxylation is 2. The van der Waals surface area contributed by atoms with Crippen molar-refractivity contribution >= 4 is 11.6 Å². The Hall–Kier alpha value is -1.48. The van der Waals surface area contributed by atoms with Crippen molar-refractivity contribution in [1.82, 2.24) is 9.97 Å². The average molecular weight is 251 g/mol. The van der Waals surface area contributed by atoms with Gasteiger partial charge in [0, 0.05) is 17.9 Å². The standard InChI is InChI=1S/C13H15ClN2O/c1-9-3-4-12(17-2)10(7-9)11-8-15-13(16-11)5-6-14/h3-4,7-8H,5-6H2,1-2H3,(H,15,16). The maximum atomic E-state index is 5.69. The third-order valence-corrected chi connectivity index (χ3v) is 2.79. The summed E-state index contributed by atoms with van der Waals surface area (Å²) in [5.41, 5.74) is 3.18. The van der Waals surface area contributed by atoms with Crippen molar-refractivity contribution in [2.24, 2.45) is 0 Å². The second-order valence-corrected chi connectivity index (χ2v) is 4.26. The summed E-state index contributed by atoms with van der Waals surface area (Å²) >= 11 is 5.69. The van der Waals surface area contributed by atoms with E-state index in [0.717, 1.165) is 29.3 Å². The molecular weight excluding hydrogens is 236 g/mol. The summed E-state index contributed by atoms with van der Waals surface area (Å²) in [5, 5.41) is 0. The Labute approximate surface area is 106 Å². The van der Waals surface area contributed by atoms with Gasteiger partial charge in [0.05, 0.1) is 19.0 Å². The highest BCUT2D eigenvalue weighted by Gasteiger charge is 2.09. The van der Waals surface area contributed by atoms with Gasteiger partial charge in [-0.3, -0.25) is 0 Å². The molecule has 1 aromatic heterocycles. The third kappa shape index (κ3) is 2.61. The van der Waals surface area contributed by atoms with Gasteiger partial charge >= 0.3 is 0 Å². The van der Waals surface area contributed by atoms with Gasteiger partial charge in [-0.25, -0.2) is 4.98 Å². The van der Waals surface area contributed by atoms with Gasteiger partial charge in [0.1, 0.15) is 11.6 Å². The fourth-order valence-electron chi connectivity index (χ4n) is 1.75. The molecule has 17 heavy (non-hydrogen) atoms. The second kappa shape index (κ2) is 5.23. The molecule has 1 aromatic carbocycles. The van der Waals surface area contributed by atoms with Gasteiger partial charge in [-0.2, -0.15) is 0 Å². The minimum Gasteiger partial charge on any atom is -0.496 e. The van der Waals surface area contributed by atoms with E-state index in [1.807, 2.05) is 18.3 Å². The second-order valence-electron chi connectivity index (χ2n) is 3.89. The lowest BCUT2D eigenvalue weighted by Crippen LogP contribution is -1.91. The van der Waals surface area contributed by atoms with Crippen LogP contribution in [0.2, 0.25) is 0 Å². The predicted molar refractivity (Wildman–Crippen MR) is 69.7 cm³/mol. The average Bonchev–Trinajstić information content (AvgIpc) is 2.78. The molecule has 0 saturated carbocycles. The molecule has 0 unspecified atom stereocenters. The summed E-state index contributed by atoms with van der Waals surface area (Å²) in [5.74, 6) is 2.31. The number of nitrogens with one attached hydrogen (secondary N) is 1. The Morgan fingerprint density at radius 3 is 2.94 bits per heavy atom. The van der Waals surface area contributed by atoms with E-state index >= 15 is 0 Å². The van der Waals surface area contributed by atoms with Crippen LogP contribution in [0.25, 0.3) is 11.3 Å². The number of aromatic amines is 1. The number of ether oxygens (including phenoxy) is 1. The number of methoxy groups -OCH3 is 1. The molecule has 2 rings (SSSR count). The van der Waals surface area contributed by atoms with Gasteiger partial charge in [0.15, 0.2) is 0 Å². The molecule has 0 saturated heterocycles. The van der Waals surface area contributed by atoms with Crippen LogP contribution >= 0.6 is 11.6 Å². The molecule has 0 radical (unpaired) electrons. The first kappa shape index (κ1) is 12.0. The van der Waals surface area contributed by atoms with Gasteiger partial charge in [0.25, 0.3) is 0 Å².